The Bertz CT molecular complexity index is 1080. The molecule has 0 saturated heterocycles. The van der Waals surface area contributed by atoms with Gasteiger partial charge in [-0.05, 0) is 54.3 Å². The second-order valence-corrected chi connectivity index (χ2v) is 8.93. The molecule has 1 heterocycles. The lowest BCUT2D eigenvalue weighted by atomic mass is 10.0. The van der Waals surface area contributed by atoms with Crippen LogP contribution in [0.4, 0.5) is 5.69 Å². The number of anilines is 1. The monoisotopic (exact) mass is 495 g/mol. The van der Waals surface area contributed by atoms with Gasteiger partial charge in [0.15, 0.2) is 0 Å². The lowest BCUT2D eigenvalue weighted by molar-refractivity contribution is -0.120. The third-order valence-corrected chi connectivity index (χ3v) is 6.59. The van der Waals surface area contributed by atoms with Gasteiger partial charge in [-0.25, -0.2) is 0 Å². The summed E-state index contributed by atoms with van der Waals surface area (Å²) in [5, 5.41) is 0. The summed E-state index contributed by atoms with van der Waals surface area (Å²) in [5.74, 6) is 0.177. The fourth-order valence-electron chi connectivity index (χ4n) is 4.24. The van der Waals surface area contributed by atoms with Crippen LogP contribution in [0.1, 0.15) is 30.5 Å². The summed E-state index contributed by atoms with van der Waals surface area (Å²) in [6.45, 7) is 2.92. The number of hydrogen-bond acceptors (Lipinski definition) is 5. The summed E-state index contributed by atoms with van der Waals surface area (Å²) in [5.41, 5.74) is 11.5. The van der Waals surface area contributed by atoms with Gasteiger partial charge in [0.2, 0.25) is 5.91 Å². The van der Waals surface area contributed by atoms with Crippen molar-refractivity contribution in [3.05, 3.63) is 84.2 Å². The minimum Gasteiger partial charge on any atom is -0.380 e. The van der Waals surface area contributed by atoms with Crippen molar-refractivity contribution in [1.82, 2.24) is 4.98 Å². The van der Waals surface area contributed by atoms with E-state index < -0.39 is 0 Å². The standard InChI is InChI=1S/C28H33N3O3.ClH/c1-19(34-3)26(29)17-31(28(32)25-16-24(25)27-6-4-5-15-30-27)23-13-11-22(12-14-23)21-9-7-20(8-10-21)18-33-2;/h4-15,19,24-26H,16-18,29H2,1-3H3;1H/t19-,24-,25-,26-;/m1./s1. The molecule has 1 aliphatic rings. The van der Waals surface area contributed by atoms with E-state index in [0.29, 0.717) is 13.2 Å². The van der Waals surface area contributed by atoms with Crippen LogP contribution in [-0.4, -0.2) is 43.8 Å². The molecular formula is C28H34ClN3O3. The highest BCUT2D eigenvalue weighted by atomic mass is 35.5. The Kier molecular flexibility index (Phi) is 9.40. The Morgan fingerprint density at radius 3 is 2.29 bits per heavy atom. The van der Waals surface area contributed by atoms with Crippen LogP contribution in [0.5, 0.6) is 0 Å². The van der Waals surface area contributed by atoms with Crippen LogP contribution in [-0.2, 0) is 20.9 Å². The van der Waals surface area contributed by atoms with Crippen LogP contribution in [0.2, 0.25) is 0 Å². The molecular weight excluding hydrogens is 462 g/mol. The molecule has 1 amide bonds. The quantitative estimate of drug-likeness (QED) is 0.436. The van der Waals surface area contributed by atoms with Crippen LogP contribution in [0.15, 0.2) is 72.9 Å². The number of carbonyl (C=O) groups excluding carboxylic acids is 1. The number of pyridine rings is 1. The first-order valence-corrected chi connectivity index (χ1v) is 11.7. The van der Waals surface area contributed by atoms with Crippen molar-refractivity contribution in [3.63, 3.8) is 0 Å². The average molecular weight is 496 g/mol. The SMILES string of the molecule is COCc1ccc(-c2ccc(N(C[C@@H](N)[C@@H](C)OC)C(=O)[C@@H]3C[C@H]3c3ccccn3)cc2)cc1.Cl. The lowest BCUT2D eigenvalue weighted by Crippen LogP contribution is -2.47. The molecule has 0 radical (unpaired) electrons. The van der Waals surface area contributed by atoms with Crippen molar-refractivity contribution in [3.8, 4) is 11.1 Å². The van der Waals surface area contributed by atoms with Crippen LogP contribution in [0.3, 0.4) is 0 Å². The number of carbonyl (C=O) groups is 1. The van der Waals surface area contributed by atoms with Gasteiger partial charge in [-0.2, -0.15) is 0 Å². The van der Waals surface area contributed by atoms with Gasteiger partial charge >= 0.3 is 0 Å². The van der Waals surface area contributed by atoms with Crippen molar-refractivity contribution in [1.29, 1.82) is 0 Å². The highest BCUT2D eigenvalue weighted by Crippen LogP contribution is 2.48. The molecule has 4 rings (SSSR count). The molecule has 3 aromatic rings. The molecule has 186 valence electrons. The summed E-state index contributed by atoms with van der Waals surface area (Å²) in [7, 11) is 3.33. The Balaban J connectivity index is 0.00000342. The zero-order chi connectivity index (χ0) is 24.1. The maximum absolute atomic E-state index is 13.6. The molecule has 7 heteroatoms. The molecule has 4 atom stereocenters. The van der Waals surface area contributed by atoms with E-state index in [4.69, 9.17) is 15.2 Å². The molecule has 2 aromatic carbocycles. The highest BCUT2D eigenvalue weighted by Gasteiger charge is 2.47. The van der Waals surface area contributed by atoms with Crippen molar-refractivity contribution >= 4 is 24.0 Å². The molecule has 6 nitrogen and oxygen atoms in total. The second-order valence-electron chi connectivity index (χ2n) is 8.93. The fraction of sp³-hybridized carbons (Fsp3) is 0.357. The third-order valence-electron chi connectivity index (χ3n) is 6.59. The topological polar surface area (TPSA) is 77.7 Å². The van der Waals surface area contributed by atoms with E-state index in [1.165, 1.54) is 0 Å². The minimum absolute atomic E-state index is 0. The van der Waals surface area contributed by atoms with Crippen molar-refractivity contribution in [2.75, 3.05) is 25.7 Å². The van der Waals surface area contributed by atoms with Crippen LogP contribution in [0.25, 0.3) is 11.1 Å². The van der Waals surface area contributed by atoms with Crippen LogP contribution < -0.4 is 10.6 Å². The van der Waals surface area contributed by atoms with Gasteiger partial charge in [0.1, 0.15) is 0 Å². The van der Waals surface area contributed by atoms with Gasteiger partial charge in [0, 0.05) is 56.2 Å². The number of aromatic nitrogens is 1. The number of hydrogen-bond donors (Lipinski definition) is 1. The van der Waals surface area contributed by atoms with Gasteiger partial charge in [-0.15, -0.1) is 12.4 Å². The van der Waals surface area contributed by atoms with Gasteiger partial charge < -0.3 is 20.1 Å². The number of rotatable bonds is 10. The van der Waals surface area contributed by atoms with E-state index in [-0.39, 0.29) is 42.3 Å². The number of ether oxygens (including phenoxy) is 2. The molecule has 1 aliphatic carbocycles. The second kappa shape index (κ2) is 12.3. The van der Waals surface area contributed by atoms with Crippen LogP contribution in [0, 0.1) is 5.92 Å². The smallest absolute Gasteiger partial charge is 0.230 e. The van der Waals surface area contributed by atoms with Crippen molar-refractivity contribution in [2.45, 2.75) is 38.0 Å². The molecule has 35 heavy (non-hydrogen) atoms. The lowest BCUT2D eigenvalue weighted by Gasteiger charge is -2.29. The average Bonchev–Trinajstić information content (AvgIpc) is 3.69. The Morgan fingerprint density at radius 2 is 1.71 bits per heavy atom. The zero-order valence-corrected chi connectivity index (χ0v) is 21.3. The normalized spacial score (nSPS) is 18.3. The number of methoxy groups -OCH3 is 2. The van der Waals surface area contributed by atoms with Crippen LogP contribution >= 0.6 is 12.4 Å². The first-order chi connectivity index (χ1) is 16.5. The third kappa shape index (κ3) is 6.47. The van der Waals surface area contributed by atoms with E-state index in [1.54, 1.807) is 20.4 Å². The molecule has 0 aliphatic heterocycles. The largest absolute Gasteiger partial charge is 0.380 e. The van der Waals surface area contributed by atoms with Gasteiger partial charge in [-0.1, -0.05) is 42.5 Å². The van der Waals surface area contributed by atoms with Gasteiger partial charge in [0.25, 0.3) is 0 Å². The molecule has 0 spiro atoms. The van der Waals surface area contributed by atoms with Gasteiger partial charge in [-0.3, -0.25) is 9.78 Å². The predicted octanol–water partition coefficient (Wildman–Crippen LogP) is 4.82. The maximum atomic E-state index is 13.6. The van der Waals surface area contributed by atoms with Crippen molar-refractivity contribution in [2.24, 2.45) is 11.7 Å². The molecule has 2 N–H and O–H groups in total. The number of nitrogens with two attached hydrogens (primary N) is 1. The summed E-state index contributed by atoms with van der Waals surface area (Å²) in [4.78, 5) is 19.8. The van der Waals surface area contributed by atoms with E-state index in [9.17, 15) is 4.79 Å². The summed E-state index contributed by atoms with van der Waals surface area (Å²) in [6, 6.07) is 22.0. The van der Waals surface area contributed by atoms with E-state index in [2.05, 4.69) is 41.4 Å². The predicted molar refractivity (Wildman–Crippen MR) is 142 cm³/mol. The number of benzene rings is 2. The Hall–Kier alpha value is -2.77. The number of nitrogens with zero attached hydrogens (tertiary/aromatic N) is 2. The van der Waals surface area contributed by atoms with Gasteiger partial charge in [0.05, 0.1) is 12.7 Å². The summed E-state index contributed by atoms with van der Waals surface area (Å²) >= 11 is 0. The first-order valence-electron chi connectivity index (χ1n) is 11.7. The zero-order valence-electron chi connectivity index (χ0n) is 20.5. The van der Waals surface area contributed by atoms with Crippen molar-refractivity contribution < 1.29 is 14.3 Å². The number of amides is 1. The summed E-state index contributed by atoms with van der Waals surface area (Å²) < 4.78 is 10.6. The molecule has 0 unspecified atom stereocenters. The summed E-state index contributed by atoms with van der Waals surface area (Å²) in [6.07, 6.45) is 2.43. The van der Waals surface area contributed by atoms with E-state index >= 15 is 0 Å². The Morgan fingerprint density at radius 1 is 1.06 bits per heavy atom. The number of halogens is 1. The first kappa shape index (κ1) is 26.8. The molecule has 1 fully saturated rings. The fourth-order valence-corrected chi connectivity index (χ4v) is 4.24. The molecule has 1 aromatic heterocycles. The van der Waals surface area contributed by atoms with E-state index in [0.717, 1.165) is 34.5 Å². The maximum Gasteiger partial charge on any atom is 0.230 e. The van der Waals surface area contributed by atoms with E-state index in [1.807, 2.05) is 42.2 Å². The Labute approximate surface area is 213 Å². The molecule has 0 bridgehead atoms. The molecule has 1 saturated carbocycles. The highest BCUT2D eigenvalue weighted by molar-refractivity contribution is 5.97. The minimum atomic E-state index is -0.297.